The quantitative estimate of drug-likeness (QED) is 0.793. The lowest BCUT2D eigenvalue weighted by Crippen LogP contribution is -2.41. The van der Waals surface area contributed by atoms with Crippen LogP contribution in [0.15, 0.2) is 22.7 Å². The number of nitrogens with zero attached hydrogens (tertiary/aromatic N) is 1. The van der Waals surface area contributed by atoms with Gasteiger partial charge in [-0.1, -0.05) is 0 Å². The third-order valence-electron chi connectivity index (χ3n) is 3.23. The Kier molecular flexibility index (Phi) is 4.75. The molecule has 6 heteroatoms. The molecule has 4 nitrogen and oxygen atoms in total. The zero-order valence-electron chi connectivity index (χ0n) is 11.1. The first-order chi connectivity index (χ1) is 9.54. The molecule has 1 fully saturated rings. The minimum absolute atomic E-state index is 0.223. The largest absolute Gasteiger partial charge is 0.464 e. The Labute approximate surface area is 125 Å². The lowest BCUT2D eigenvalue weighted by molar-refractivity contribution is -0.147. The molecule has 0 radical (unpaired) electrons. The molecular formula is C14H15BrFNO3. The van der Waals surface area contributed by atoms with E-state index in [0.29, 0.717) is 17.4 Å². The summed E-state index contributed by atoms with van der Waals surface area (Å²) < 4.78 is 18.8. The monoisotopic (exact) mass is 343 g/mol. The van der Waals surface area contributed by atoms with Gasteiger partial charge in [0.15, 0.2) is 0 Å². The highest BCUT2D eigenvalue weighted by atomic mass is 79.9. The summed E-state index contributed by atoms with van der Waals surface area (Å²) in [5, 5.41) is 0. The summed E-state index contributed by atoms with van der Waals surface area (Å²) in [7, 11) is 0. The number of amides is 1. The van der Waals surface area contributed by atoms with E-state index >= 15 is 0 Å². The van der Waals surface area contributed by atoms with E-state index in [0.717, 1.165) is 6.42 Å². The van der Waals surface area contributed by atoms with Gasteiger partial charge in [-0.2, -0.15) is 0 Å². The predicted octanol–water partition coefficient (Wildman–Crippen LogP) is 2.76. The molecule has 20 heavy (non-hydrogen) atoms. The Bertz CT molecular complexity index is 535. The molecule has 1 atom stereocenters. The second-order valence-corrected chi connectivity index (χ2v) is 5.39. The topological polar surface area (TPSA) is 46.6 Å². The zero-order chi connectivity index (χ0) is 14.7. The van der Waals surface area contributed by atoms with Gasteiger partial charge >= 0.3 is 5.97 Å². The molecule has 0 saturated carbocycles. The second kappa shape index (κ2) is 6.35. The smallest absolute Gasteiger partial charge is 0.328 e. The standard InChI is InChI=1S/C14H15BrFNO3/c1-2-20-14(19)12-4-3-7-17(12)13(18)10-8-9(16)5-6-11(10)15/h5-6,8,12H,2-4,7H2,1H3. The van der Waals surface area contributed by atoms with Gasteiger partial charge in [-0.15, -0.1) is 0 Å². The van der Waals surface area contributed by atoms with Crippen LogP contribution in [0.4, 0.5) is 4.39 Å². The fraction of sp³-hybridized carbons (Fsp3) is 0.429. The van der Waals surface area contributed by atoms with E-state index < -0.39 is 17.8 Å². The molecule has 1 heterocycles. The van der Waals surface area contributed by atoms with Gasteiger partial charge in [0.05, 0.1) is 12.2 Å². The Morgan fingerprint density at radius 3 is 2.95 bits per heavy atom. The van der Waals surface area contributed by atoms with E-state index in [2.05, 4.69) is 15.9 Å². The number of likely N-dealkylation sites (tertiary alicyclic amines) is 1. The zero-order valence-corrected chi connectivity index (χ0v) is 12.7. The number of hydrogen-bond acceptors (Lipinski definition) is 3. The summed E-state index contributed by atoms with van der Waals surface area (Å²) in [6, 6.07) is 3.36. The molecule has 1 aromatic carbocycles. The minimum atomic E-state index is -0.572. The van der Waals surface area contributed by atoms with E-state index in [-0.39, 0.29) is 18.1 Å². The summed E-state index contributed by atoms with van der Waals surface area (Å²) in [5.41, 5.74) is 0.223. The van der Waals surface area contributed by atoms with Crippen molar-refractivity contribution in [2.45, 2.75) is 25.8 Å². The number of hydrogen-bond donors (Lipinski definition) is 0. The fourth-order valence-electron chi connectivity index (χ4n) is 2.31. The van der Waals surface area contributed by atoms with Crippen LogP contribution < -0.4 is 0 Å². The molecule has 1 saturated heterocycles. The number of esters is 1. The SMILES string of the molecule is CCOC(=O)C1CCCN1C(=O)c1cc(F)ccc1Br. The molecule has 0 aliphatic carbocycles. The van der Waals surface area contributed by atoms with Crippen LogP contribution in [0.2, 0.25) is 0 Å². The van der Waals surface area contributed by atoms with E-state index in [1.807, 2.05) is 0 Å². The highest BCUT2D eigenvalue weighted by molar-refractivity contribution is 9.10. The lowest BCUT2D eigenvalue weighted by atomic mass is 10.1. The molecule has 0 aromatic heterocycles. The van der Waals surface area contributed by atoms with Crippen molar-refractivity contribution in [3.63, 3.8) is 0 Å². The number of rotatable bonds is 3. The lowest BCUT2D eigenvalue weighted by Gasteiger charge is -2.23. The van der Waals surface area contributed by atoms with Crippen molar-refractivity contribution in [1.82, 2.24) is 4.90 Å². The van der Waals surface area contributed by atoms with Crippen molar-refractivity contribution >= 4 is 27.8 Å². The van der Waals surface area contributed by atoms with Gasteiger partial charge < -0.3 is 9.64 Å². The normalized spacial score (nSPS) is 18.1. The number of ether oxygens (including phenoxy) is 1. The molecule has 1 unspecified atom stereocenters. The molecular weight excluding hydrogens is 329 g/mol. The van der Waals surface area contributed by atoms with Gasteiger partial charge in [0.1, 0.15) is 11.9 Å². The molecule has 1 aliphatic rings. The first kappa shape index (κ1) is 15.0. The van der Waals surface area contributed by atoms with Crippen LogP contribution in [0.1, 0.15) is 30.1 Å². The summed E-state index contributed by atoms with van der Waals surface area (Å²) >= 11 is 3.24. The third kappa shape index (κ3) is 3.00. The fourth-order valence-corrected chi connectivity index (χ4v) is 2.73. The summed E-state index contributed by atoms with van der Waals surface area (Å²) in [6.07, 6.45) is 1.32. The van der Waals surface area contributed by atoms with Crippen LogP contribution in [0, 0.1) is 5.82 Å². The van der Waals surface area contributed by atoms with E-state index in [9.17, 15) is 14.0 Å². The molecule has 2 rings (SSSR count). The van der Waals surface area contributed by atoms with Crippen molar-refractivity contribution < 1.29 is 18.7 Å². The van der Waals surface area contributed by atoms with E-state index in [4.69, 9.17) is 4.74 Å². The van der Waals surface area contributed by atoms with Crippen LogP contribution in [-0.2, 0) is 9.53 Å². The van der Waals surface area contributed by atoms with Crippen molar-refractivity contribution in [2.75, 3.05) is 13.2 Å². The van der Waals surface area contributed by atoms with Gasteiger partial charge in [0.25, 0.3) is 5.91 Å². The molecule has 108 valence electrons. The number of carbonyl (C=O) groups is 2. The first-order valence-electron chi connectivity index (χ1n) is 6.47. The van der Waals surface area contributed by atoms with E-state index in [1.165, 1.54) is 23.1 Å². The van der Waals surface area contributed by atoms with Gasteiger partial charge in [-0.05, 0) is 53.9 Å². The van der Waals surface area contributed by atoms with Crippen molar-refractivity contribution in [1.29, 1.82) is 0 Å². The number of carbonyl (C=O) groups excluding carboxylic acids is 2. The Morgan fingerprint density at radius 2 is 2.25 bits per heavy atom. The van der Waals surface area contributed by atoms with Crippen molar-refractivity contribution in [2.24, 2.45) is 0 Å². The van der Waals surface area contributed by atoms with Gasteiger partial charge in [0.2, 0.25) is 0 Å². The van der Waals surface area contributed by atoms with Crippen molar-refractivity contribution in [3.8, 4) is 0 Å². The average molecular weight is 344 g/mol. The van der Waals surface area contributed by atoms with Gasteiger partial charge in [-0.3, -0.25) is 4.79 Å². The second-order valence-electron chi connectivity index (χ2n) is 4.53. The van der Waals surface area contributed by atoms with Crippen LogP contribution in [0.3, 0.4) is 0 Å². The first-order valence-corrected chi connectivity index (χ1v) is 7.26. The molecule has 0 bridgehead atoms. The number of benzene rings is 1. The maximum absolute atomic E-state index is 13.3. The highest BCUT2D eigenvalue weighted by Gasteiger charge is 2.36. The highest BCUT2D eigenvalue weighted by Crippen LogP contribution is 2.25. The molecule has 1 amide bonds. The maximum atomic E-state index is 13.3. The average Bonchev–Trinajstić information content (AvgIpc) is 2.90. The molecule has 0 spiro atoms. The summed E-state index contributed by atoms with van der Waals surface area (Å²) in [4.78, 5) is 25.8. The third-order valence-corrected chi connectivity index (χ3v) is 3.92. The van der Waals surface area contributed by atoms with Crippen LogP contribution in [0.25, 0.3) is 0 Å². The van der Waals surface area contributed by atoms with Crippen LogP contribution in [0.5, 0.6) is 0 Å². The van der Waals surface area contributed by atoms with Crippen LogP contribution >= 0.6 is 15.9 Å². The Morgan fingerprint density at radius 1 is 1.50 bits per heavy atom. The predicted molar refractivity (Wildman–Crippen MR) is 74.8 cm³/mol. The molecule has 1 aromatic rings. The van der Waals surface area contributed by atoms with Gasteiger partial charge in [0, 0.05) is 11.0 Å². The van der Waals surface area contributed by atoms with Crippen molar-refractivity contribution in [3.05, 3.63) is 34.1 Å². The van der Waals surface area contributed by atoms with E-state index in [1.54, 1.807) is 6.92 Å². The van der Waals surface area contributed by atoms with Crippen LogP contribution in [-0.4, -0.2) is 36.0 Å². The summed E-state index contributed by atoms with van der Waals surface area (Å²) in [5.74, 6) is -1.23. The Balaban J connectivity index is 2.23. The number of halogens is 2. The maximum Gasteiger partial charge on any atom is 0.328 e. The molecule has 1 aliphatic heterocycles. The molecule has 0 N–H and O–H groups in total. The Hall–Kier alpha value is -1.43. The van der Waals surface area contributed by atoms with Gasteiger partial charge in [-0.25, -0.2) is 9.18 Å². The summed E-state index contributed by atoms with van der Waals surface area (Å²) in [6.45, 7) is 2.48. The minimum Gasteiger partial charge on any atom is -0.464 e.